The number of carbonyl (C=O) groups excluding carboxylic acids is 2. The Morgan fingerprint density at radius 3 is 2.45 bits per heavy atom. The number of esters is 1. The van der Waals surface area contributed by atoms with Gasteiger partial charge in [0.25, 0.3) is 5.69 Å². The Kier molecular flexibility index (Phi) is 6.00. The van der Waals surface area contributed by atoms with E-state index in [0.29, 0.717) is 23.3 Å². The topological polar surface area (TPSA) is 108 Å². The molecule has 33 heavy (non-hydrogen) atoms. The summed E-state index contributed by atoms with van der Waals surface area (Å²) in [5.74, 6) is -0.710. The summed E-state index contributed by atoms with van der Waals surface area (Å²) in [4.78, 5) is 37.1. The molecule has 4 rings (SSSR count). The SMILES string of the molecule is COC(=O)C1=C(C)NC2=C(C(=O)CC(c3ccc(OC)cc3)C2)C1c1cccc([N+](=O)[O-])c1. The Labute approximate surface area is 191 Å². The number of hydrogen-bond acceptors (Lipinski definition) is 7. The molecule has 0 bridgehead atoms. The number of nitrogens with one attached hydrogen (secondary N) is 1. The van der Waals surface area contributed by atoms with Crippen molar-refractivity contribution in [2.75, 3.05) is 14.2 Å². The molecule has 170 valence electrons. The quantitative estimate of drug-likeness (QED) is 0.416. The first-order valence-corrected chi connectivity index (χ1v) is 10.5. The number of methoxy groups -OCH3 is 2. The predicted molar refractivity (Wildman–Crippen MR) is 121 cm³/mol. The number of hydrogen-bond donors (Lipinski definition) is 1. The minimum Gasteiger partial charge on any atom is -0.497 e. The first kappa shape index (κ1) is 22.3. The number of nitrogens with zero attached hydrogens (tertiary/aromatic N) is 1. The van der Waals surface area contributed by atoms with E-state index in [-0.39, 0.29) is 29.4 Å². The number of ether oxygens (including phenoxy) is 2. The fourth-order valence-electron chi connectivity index (χ4n) is 4.68. The molecule has 8 nitrogen and oxygen atoms in total. The van der Waals surface area contributed by atoms with Crippen LogP contribution < -0.4 is 10.1 Å². The van der Waals surface area contributed by atoms with Gasteiger partial charge in [-0.3, -0.25) is 14.9 Å². The third-order valence-corrected chi connectivity index (χ3v) is 6.23. The highest BCUT2D eigenvalue weighted by atomic mass is 16.6. The first-order valence-electron chi connectivity index (χ1n) is 10.5. The van der Waals surface area contributed by atoms with Crippen molar-refractivity contribution in [1.29, 1.82) is 0 Å². The van der Waals surface area contributed by atoms with Gasteiger partial charge < -0.3 is 14.8 Å². The van der Waals surface area contributed by atoms with E-state index in [1.165, 1.54) is 19.2 Å². The summed E-state index contributed by atoms with van der Waals surface area (Å²) in [6.07, 6.45) is 0.844. The van der Waals surface area contributed by atoms with Gasteiger partial charge >= 0.3 is 5.97 Å². The highest BCUT2D eigenvalue weighted by Gasteiger charge is 2.41. The van der Waals surface area contributed by atoms with Crippen LogP contribution in [0.2, 0.25) is 0 Å². The zero-order chi connectivity index (χ0) is 23.7. The van der Waals surface area contributed by atoms with Gasteiger partial charge in [-0.2, -0.15) is 0 Å². The largest absolute Gasteiger partial charge is 0.497 e. The fraction of sp³-hybridized carbons (Fsp3) is 0.280. The first-order chi connectivity index (χ1) is 15.8. The summed E-state index contributed by atoms with van der Waals surface area (Å²) < 4.78 is 10.2. The maximum absolute atomic E-state index is 13.5. The van der Waals surface area contributed by atoms with Gasteiger partial charge in [0.15, 0.2) is 5.78 Å². The van der Waals surface area contributed by atoms with Crippen LogP contribution in [0.3, 0.4) is 0 Å². The maximum Gasteiger partial charge on any atom is 0.336 e. The van der Waals surface area contributed by atoms with E-state index in [4.69, 9.17) is 9.47 Å². The zero-order valence-corrected chi connectivity index (χ0v) is 18.6. The standard InChI is InChI=1S/C25H24N2O6/c1-14-22(25(29)33-3)23(16-5-4-6-18(11-16)27(30)31)24-20(26-14)12-17(13-21(24)28)15-7-9-19(32-2)10-8-15/h4-11,17,23,26H,12-13H2,1-3H3. The average molecular weight is 448 g/mol. The van der Waals surface area contributed by atoms with Gasteiger partial charge in [0.2, 0.25) is 0 Å². The molecule has 0 saturated carbocycles. The molecule has 2 aromatic carbocycles. The van der Waals surface area contributed by atoms with E-state index in [1.807, 2.05) is 24.3 Å². The lowest BCUT2D eigenvalue weighted by Gasteiger charge is -2.36. The number of nitro groups is 1. The van der Waals surface area contributed by atoms with E-state index in [0.717, 1.165) is 17.0 Å². The van der Waals surface area contributed by atoms with Crippen molar-refractivity contribution in [3.05, 3.63) is 92.3 Å². The summed E-state index contributed by atoms with van der Waals surface area (Å²) in [5.41, 5.74) is 3.47. The van der Waals surface area contributed by atoms with Gasteiger partial charge in [0.05, 0.1) is 24.7 Å². The summed E-state index contributed by atoms with van der Waals surface area (Å²) in [6, 6.07) is 13.7. The molecule has 2 aromatic rings. The van der Waals surface area contributed by atoms with Crippen molar-refractivity contribution in [3.63, 3.8) is 0 Å². The smallest absolute Gasteiger partial charge is 0.336 e. The molecule has 0 radical (unpaired) electrons. The Bertz CT molecular complexity index is 1200. The fourth-order valence-corrected chi connectivity index (χ4v) is 4.68. The third-order valence-electron chi connectivity index (χ3n) is 6.23. The van der Waals surface area contributed by atoms with Crippen LogP contribution in [0.25, 0.3) is 0 Å². The Morgan fingerprint density at radius 1 is 1.09 bits per heavy atom. The van der Waals surface area contributed by atoms with E-state index in [9.17, 15) is 19.7 Å². The summed E-state index contributed by atoms with van der Waals surface area (Å²) in [5, 5.41) is 14.6. The average Bonchev–Trinajstić information content (AvgIpc) is 2.82. The molecule has 1 aliphatic carbocycles. The molecule has 1 heterocycles. The number of benzene rings is 2. The minimum absolute atomic E-state index is 0.0344. The van der Waals surface area contributed by atoms with Crippen LogP contribution >= 0.6 is 0 Å². The molecule has 1 N–H and O–H groups in total. The van der Waals surface area contributed by atoms with Crippen molar-refractivity contribution >= 4 is 17.4 Å². The second-order valence-corrected chi connectivity index (χ2v) is 8.13. The van der Waals surface area contributed by atoms with Crippen molar-refractivity contribution in [2.24, 2.45) is 0 Å². The second-order valence-electron chi connectivity index (χ2n) is 8.13. The number of non-ortho nitro benzene ring substituents is 1. The Morgan fingerprint density at radius 2 is 1.82 bits per heavy atom. The van der Waals surface area contributed by atoms with E-state index < -0.39 is 16.8 Å². The van der Waals surface area contributed by atoms with Gasteiger partial charge in [0, 0.05) is 41.4 Å². The lowest BCUT2D eigenvalue weighted by Crippen LogP contribution is -2.36. The number of rotatable bonds is 5. The molecular formula is C25H24N2O6. The molecule has 0 fully saturated rings. The van der Waals surface area contributed by atoms with Crippen LogP contribution in [0, 0.1) is 10.1 Å². The van der Waals surface area contributed by atoms with Gasteiger partial charge in [0.1, 0.15) is 5.75 Å². The predicted octanol–water partition coefficient (Wildman–Crippen LogP) is 4.14. The van der Waals surface area contributed by atoms with Gasteiger partial charge in [-0.25, -0.2) is 4.79 Å². The van der Waals surface area contributed by atoms with Crippen LogP contribution in [0.5, 0.6) is 5.75 Å². The molecule has 2 unspecified atom stereocenters. The van der Waals surface area contributed by atoms with Crippen LogP contribution in [0.4, 0.5) is 5.69 Å². The summed E-state index contributed by atoms with van der Waals surface area (Å²) in [6.45, 7) is 1.75. The summed E-state index contributed by atoms with van der Waals surface area (Å²) >= 11 is 0. The molecule has 8 heteroatoms. The van der Waals surface area contributed by atoms with Gasteiger partial charge in [-0.15, -0.1) is 0 Å². The minimum atomic E-state index is -0.738. The molecule has 2 aliphatic rings. The number of nitro benzene ring substituents is 1. The van der Waals surface area contributed by atoms with Crippen LogP contribution in [0.1, 0.15) is 42.7 Å². The number of allylic oxidation sites excluding steroid dienone is 3. The molecule has 0 amide bonds. The number of ketones is 1. The maximum atomic E-state index is 13.5. The molecule has 0 aromatic heterocycles. The van der Waals surface area contributed by atoms with E-state index in [2.05, 4.69) is 5.32 Å². The highest BCUT2D eigenvalue weighted by Crippen LogP contribution is 2.46. The normalized spacial score (nSPS) is 20.2. The molecule has 0 saturated heterocycles. The summed E-state index contributed by atoms with van der Waals surface area (Å²) in [7, 11) is 2.88. The van der Waals surface area contributed by atoms with E-state index in [1.54, 1.807) is 26.2 Å². The monoisotopic (exact) mass is 448 g/mol. The van der Waals surface area contributed by atoms with E-state index >= 15 is 0 Å². The molecule has 0 spiro atoms. The number of carbonyl (C=O) groups is 2. The number of Topliss-reactive ketones (excluding diaryl/α,β-unsaturated/α-hetero) is 1. The molecular weight excluding hydrogens is 424 g/mol. The van der Waals surface area contributed by atoms with Crippen molar-refractivity contribution < 1.29 is 24.0 Å². The van der Waals surface area contributed by atoms with Gasteiger partial charge in [-0.05, 0) is 42.5 Å². The Balaban J connectivity index is 1.80. The lowest BCUT2D eigenvalue weighted by atomic mass is 9.71. The molecule has 2 atom stereocenters. The van der Waals surface area contributed by atoms with Gasteiger partial charge in [-0.1, -0.05) is 24.3 Å². The lowest BCUT2D eigenvalue weighted by molar-refractivity contribution is -0.384. The number of dihydropyridines is 1. The van der Waals surface area contributed by atoms with Crippen molar-refractivity contribution in [3.8, 4) is 5.75 Å². The molecule has 1 aliphatic heterocycles. The zero-order valence-electron chi connectivity index (χ0n) is 18.6. The second kappa shape index (κ2) is 8.90. The van der Waals surface area contributed by atoms with Crippen LogP contribution in [-0.4, -0.2) is 30.9 Å². The van der Waals surface area contributed by atoms with Crippen molar-refractivity contribution in [2.45, 2.75) is 31.6 Å². The van der Waals surface area contributed by atoms with Crippen LogP contribution in [0.15, 0.2) is 71.1 Å². The Hall–Kier alpha value is -3.94. The third kappa shape index (κ3) is 4.11. The van der Waals surface area contributed by atoms with Crippen molar-refractivity contribution in [1.82, 2.24) is 5.32 Å². The van der Waals surface area contributed by atoms with Crippen LogP contribution in [-0.2, 0) is 14.3 Å². The highest BCUT2D eigenvalue weighted by molar-refractivity contribution is 6.04.